The van der Waals surface area contributed by atoms with Crippen molar-refractivity contribution in [3.8, 4) is 5.75 Å². The molecule has 1 heterocycles. The molecule has 5 nitrogen and oxygen atoms in total. The van der Waals surface area contributed by atoms with Crippen LogP contribution < -0.4 is 10.1 Å². The highest BCUT2D eigenvalue weighted by Gasteiger charge is 2.05. The summed E-state index contributed by atoms with van der Waals surface area (Å²) < 4.78 is 7.44. The van der Waals surface area contributed by atoms with E-state index in [-0.39, 0.29) is 5.91 Å². The Balaban J connectivity index is 1.41. The molecule has 0 radical (unpaired) electrons. The number of nitrogens with one attached hydrogen (secondary N) is 1. The van der Waals surface area contributed by atoms with Crippen molar-refractivity contribution in [2.45, 2.75) is 26.3 Å². The Labute approximate surface area is 160 Å². The van der Waals surface area contributed by atoms with E-state index in [4.69, 9.17) is 4.74 Å². The van der Waals surface area contributed by atoms with Gasteiger partial charge in [-0.05, 0) is 55.2 Å². The van der Waals surface area contributed by atoms with E-state index in [2.05, 4.69) is 22.4 Å². The lowest BCUT2D eigenvalue weighted by Crippen LogP contribution is -2.24. The molecular weight excluding hydrogens is 338 g/mol. The average Bonchev–Trinajstić information content (AvgIpc) is 3.20. The smallest absolute Gasteiger partial charge is 0.251 e. The normalized spacial score (nSPS) is 10.6. The van der Waals surface area contributed by atoms with Gasteiger partial charge in [0.25, 0.3) is 5.91 Å². The van der Waals surface area contributed by atoms with Crippen molar-refractivity contribution in [2.24, 2.45) is 0 Å². The van der Waals surface area contributed by atoms with Crippen molar-refractivity contribution in [1.82, 2.24) is 14.9 Å². The average molecular weight is 363 g/mol. The maximum Gasteiger partial charge on any atom is 0.251 e. The summed E-state index contributed by atoms with van der Waals surface area (Å²) in [6, 6.07) is 15.8. The van der Waals surface area contributed by atoms with Crippen molar-refractivity contribution >= 4 is 5.91 Å². The second-order valence-corrected chi connectivity index (χ2v) is 6.37. The molecule has 0 aliphatic rings. The topological polar surface area (TPSA) is 56.1 Å². The largest absolute Gasteiger partial charge is 0.494 e. The van der Waals surface area contributed by atoms with E-state index in [0.29, 0.717) is 18.7 Å². The second-order valence-electron chi connectivity index (χ2n) is 6.37. The summed E-state index contributed by atoms with van der Waals surface area (Å²) in [5.74, 6) is 0.863. The predicted molar refractivity (Wildman–Crippen MR) is 106 cm³/mol. The number of ether oxygens (including phenoxy) is 1. The van der Waals surface area contributed by atoms with Gasteiger partial charge in [-0.3, -0.25) is 4.79 Å². The molecule has 1 amide bonds. The van der Waals surface area contributed by atoms with Crippen LogP contribution in [-0.2, 0) is 13.0 Å². The Morgan fingerprint density at radius 1 is 1.07 bits per heavy atom. The van der Waals surface area contributed by atoms with Crippen molar-refractivity contribution < 1.29 is 9.53 Å². The van der Waals surface area contributed by atoms with Crippen LogP contribution in [0.5, 0.6) is 5.75 Å². The lowest BCUT2D eigenvalue weighted by molar-refractivity contribution is 0.0953. The van der Waals surface area contributed by atoms with E-state index in [1.807, 2.05) is 54.1 Å². The van der Waals surface area contributed by atoms with Gasteiger partial charge in [0.1, 0.15) is 5.75 Å². The van der Waals surface area contributed by atoms with Gasteiger partial charge < -0.3 is 14.6 Å². The van der Waals surface area contributed by atoms with E-state index in [1.54, 1.807) is 12.5 Å². The van der Waals surface area contributed by atoms with Gasteiger partial charge in [0.05, 0.1) is 12.9 Å². The summed E-state index contributed by atoms with van der Waals surface area (Å²) in [7, 11) is 0. The van der Waals surface area contributed by atoms with Crippen molar-refractivity contribution in [3.63, 3.8) is 0 Å². The molecule has 3 rings (SSSR count). The van der Waals surface area contributed by atoms with Gasteiger partial charge >= 0.3 is 0 Å². The fraction of sp³-hybridized carbons (Fsp3) is 0.273. The SMILES string of the molecule is CCOc1ccc(CCCNC(=O)c2ccc(Cn3ccnc3)cc2)cc1. The second kappa shape index (κ2) is 9.57. The minimum absolute atomic E-state index is 0.0316. The van der Waals surface area contributed by atoms with Crippen molar-refractivity contribution in [2.75, 3.05) is 13.2 Å². The number of carbonyl (C=O) groups is 1. The summed E-state index contributed by atoms with van der Waals surface area (Å²) in [6.07, 6.45) is 7.29. The molecule has 0 saturated heterocycles. The van der Waals surface area contributed by atoms with E-state index >= 15 is 0 Å². The minimum Gasteiger partial charge on any atom is -0.494 e. The maximum absolute atomic E-state index is 12.3. The fourth-order valence-corrected chi connectivity index (χ4v) is 2.87. The zero-order valence-corrected chi connectivity index (χ0v) is 15.6. The first-order chi connectivity index (χ1) is 13.2. The molecule has 0 atom stereocenters. The number of carbonyl (C=O) groups excluding carboxylic acids is 1. The van der Waals surface area contributed by atoms with Crippen molar-refractivity contribution in [1.29, 1.82) is 0 Å². The van der Waals surface area contributed by atoms with Crippen LogP contribution in [0.3, 0.4) is 0 Å². The molecule has 0 aliphatic carbocycles. The Bertz CT molecular complexity index is 825. The molecule has 0 unspecified atom stereocenters. The molecule has 0 bridgehead atoms. The number of hydrogen-bond donors (Lipinski definition) is 1. The molecule has 27 heavy (non-hydrogen) atoms. The third kappa shape index (κ3) is 5.71. The van der Waals surface area contributed by atoms with Gasteiger partial charge in [0, 0.05) is 31.0 Å². The molecule has 0 fully saturated rings. The van der Waals surface area contributed by atoms with E-state index in [0.717, 1.165) is 30.7 Å². The van der Waals surface area contributed by atoms with Gasteiger partial charge in [-0.15, -0.1) is 0 Å². The van der Waals surface area contributed by atoms with Crippen LogP contribution in [0, 0.1) is 0 Å². The monoisotopic (exact) mass is 363 g/mol. The zero-order valence-electron chi connectivity index (χ0n) is 15.6. The predicted octanol–water partition coefficient (Wildman–Crippen LogP) is 3.69. The maximum atomic E-state index is 12.3. The Hall–Kier alpha value is -3.08. The summed E-state index contributed by atoms with van der Waals surface area (Å²) in [5.41, 5.74) is 3.07. The van der Waals surface area contributed by atoms with Crippen LogP contribution in [-0.4, -0.2) is 28.6 Å². The first-order valence-electron chi connectivity index (χ1n) is 9.29. The third-order valence-electron chi connectivity index (χ3n) is 4.30. The highest BCUT2D eigenvalue weighted by atomic mass is 16.5. The summed E-state index contributed by atoms with van der Waals surface area (Å²) in [6.45, 7) is 4.06. The van der Waals surface area contributed by atoms with Gasteiger partial charge in [0.2, 0.25) is 0 Å². The number of aromatic nitrogens is 2. The quantitative estimate of drug-likeness (QED) is 0.590. The Kier molecular flexibility index (Phi) is 6.63. The fourth-order valence-electron chi connectivity index (χ4n) is 2.87. The summed E-state index contributed by atoms with van der Waals surface area (Å²) >= 11 is 0. The molecule has 2 aromatic carbocycles. The highest BCUT2D eigenvalue weighted by Crippen LogP contribution is 2.13. The molecule has 1 aromatic heterocycles. The summed E-state index contributed by atoms with van der Waals surface area (Å²) in [5, 5.41) is 2.99. The first kappa shape index (κ1) is 18.7. The van der Waals surface area contributed by atoms with E-state index in [1.165, 1.54) is 5.56 Å². The van der Waals surface area contributed by atoms with E-state index < -0.39 is 0 Å². The lowest BCUT2D eigenvalue weighted by Gasteiger charge is -2.08. The Morgan fingerprint density at radius 2 is 1.81 bits per heavy atom. The standard InChI is InChI=1S/C22H25N3O2/c1-2-27-21-11-7-18(8-12-21)4-3-13-24-22(26)20-9-5-19(6-10-20)16-25-15-14-23-17-25/h5-12,14-15,17H,2-4,13,16H2,1H3,(H,24,26). The minimum atomic E-state index is -0.0316. The number of hydrogen-bond acceptors (Lipinski definition) is 3. The number of rotatable bonds is 9. The molecular formula is C22H25N3O2. The molecule has 3 aromatic rings. The van der Waals surface area contributed by atoms with Gasteiger partial charge in [-0.2, -0.15) is 0 Å². The molecule has 0 saturated carbocycles. The van der Waals surface area contributed by atoms with Gasteiger partial charge in [-0.25, -0.2) is 4.98 Å². The molecule has 1 N–H and O–H groups in total. The number of imidazole rings is 1. The zero-order chi connectivity index (χ0) is 18.9. The van der Waals surface area contributed by atoms with Gasteiger partial charge in [0.15, 0.2) is 0 Å². The first-order valence-corrected chi connectivity index (χ1v) is 9.29. The molecule has 5 heteroatoms. The van der Waals surface area contributed by atoms with E-state index in [9.17, 15) is 4.79 Å². The molecule has 0 spiro atoms. The number of benzene rings is 2. The van der Waals surface area contributed by atoms with Crippen LogP contribution in [0.4, 0.5) is 0 Å². The number of nitrogens with zero attached hydrogens (tertiary/aromatic N) is 2. The van der Waals surface area contributed by atoms with Crippen LogP contribution in [0.1, 0.15) is 34.8 Å². The van der Waals surface area contributed by atoms with Crippen LogP contribution in [0.25, 0.3) is 0 Å². The number of amides is 1. The highest BCUT2D eigenvalue weighted by molar-refractivity contribution is 5.94. The lowest BCUT2D eigenvalue weighted by atomic mass is 10.1. The number of aryl methyl sites for hydroxylation is 1. The summed E-state index contributed by atoms with van der Waals surface area (Å²) in [4.78, 5) is 16.3. The Morgan fingerprint density at radius 3 is 2.48 bits per heavy atom. The van der Waals surface area contributed by atoms with Crippen LogP contribution in [0.2, 0.25) is 0 Å². The van der Waals surface area contributed by atoms with Crippen molar-refractivity contribution in [3.05, 3.63) is 83.9 Å². The molecule has 0 aliphatic heterocycles. The van der Waals surface area contributed by atoms with Gasteiger partial charge in [-0.1, -0.05) is 24.3 Å². The van der Waals surface area contributed by atoms with Crippen LogP contribution in [0.15, 0.2) is 67.3 Å². The molecule has 140 valence electrons. The third-order valence-corrected chi connectivity index (χ3v) is 4.30. The van der Waals surface area contributed by atoms with Crippen LogP contribution >= 0.6 is 0 Å².